The number of hydrogen-bond acceptors (Lipinski definition) is 1. The topological polar surface area (TPSA) is 29.1 Å². The van der Waals surface area contributed by atoms with E-state index >= 15 is 0 Å². The van der Waals surface area contributed by atoms with E-state index in [1.165, 1.54) is 0 Å². The molecule has 1 unspecified atom stereocenters. The molecule has 2 nitrogen and oxygen atoms in total. The average molecular weight is 145 g/mol. The molecule has 0 N–H and O–H groups in total. The second kappa shape index (κ2) is 7.03. The quantitative estimate of drug-likeness (QED) is 0.562. The maximum Gasteiger partial charge on any atom is 0.0847 e. The highest BCUT2D eigenvalue weighted by molar-refractivity contribution is 4.55. The zero-order valence-corrected chi connectivity index (χ0v) is 6.93. The van der Waals surface area contributed by atoms with E-state index in [0.29, 0.717) is 6.42 Å². The molecule has 0 aliphatic heterocycles. The molecule has 0 aliphatic carbocycles. The molecule has 0 bridgehead atoms. The van der Waals surface area contributed by atoms with Crippen molar-refractivity contribution >= 4 is 0 Å². The zero-order valence-electron chi connectivity index (χ0n) is 6.93. The third kappa shape index (κ3) is 4.77. The molecule has 0 fully saturated rings. The smallest absolute Gasteiger partial charge is 0.0847 e. The lowest BCUT2D eigenvalue weighted by Gasteiger charge is -2.13. The molecule has 61 valence electrons. The van der Waals surface area contributed by atoms with Crippen LogP contribution in [0.5, 0.6) is 0 Å². The summed E-state index contributed by atoms with van der Waals surface area (Å²) in [6.45, 7) is 4.79. The fourth-order valence-electron chi connectivity index (χ4n) is 1.00. The van der Waals surface area contributed by atoms with Crippen molar-refractivity contribution < 1.29 is 9.84 Å². The van der Waals surface area contributed by atoms with Crippen molar-refractivity contribution in [1.29, 1.82) is 0 Å². The van der Waals surface area contributed by atoms with Crippen LogP contribution in [0.4, 0.5) is 0 Å². The van der Waals surface area contributed by atoms with E-state index in [2.05, 4.69) is 6.92 Å². The molecule has 1 atom stereocenters. The average Bonchev–Trinajstić information content (AvgIpc) is 1.90. The highest BCUT2D eigenvalue weighted by Gasteiger charge is 2.05. The van der Waals surface area contributed by atoms with Crippen LogP contribution in [0.1, 0.15) is 33.1 Å². The Balaban J connectivity index is 3.30. The van der Waals surface area contributed by atoms with Crippen molar-refractivity contribution in [3.05, 3.63) is 0 Å². The molecule has 0 heterocycles. The maximum absolute atomic E-state index is 10.2. The molecule has 0 aromatic carbocycles. The molecule has 0 amide bonds. The van der Waals surface area contributed by atoms with Gasteiger partial charge < -0.3 is 4.74 Å². The van der Waals surface area contributed by atoms with E-state index in [9.17, 15) is 5.11 Å². The SMILES string of the molecule is CCCC(CC[O])OCC. The molecule has 0 aromatic heterocycles. The molecule has 0 saturated heterocycles. The van der Waals surface area contributed by atoms with Crippen LogP contribution < -0.4 is 0 Å². The predicted octanol–water partition coefficient (Wildman–Crippen LogP) is 2.01. The first-order chi connectivity index (χ1) is 4.85. The molecular formula is C8H17O2. The highest BCUT2D eigenvalue weighted by atomic mass is 16.5. The minimum Gasteiger partial charge on any atom is -0.378 e. The second-order valence-corrected chi connectivity index (χ2v) is 2.36. The number of hydrogen-bond donors (Lipinski definition) is 0. The number of ether oxygens (including phenoxy) is 1. The Morgan fingerprint density at radius 2 is 2.00 bits per heavy atom. The summed E-state index contributed by atoms with van der Waals surface area (Å²) in [7, 11) is 0. The fourth-order valence-corrected chi connectivity index (χ4v) is 1.00. The Hall–Kier alpha value is -0.0800. The van der Waals surface area contributed by atoms with Crippen molar-refractivity contribution in [2.75, 3.05) is 13.2 Å². The largest absolute Gasteiger partial charge is 0.378 e. The molecule has 0 aromatic rings. The summed E-state index contributed by atoms with van der Waals surface area (Å²) in [6.07, 6.45) is 3.01. The standard InChI is InChI=1S/C8H17O2/c1-3-5-8(6-7-9)10-4-2/h8H,3-7H2,1-2H3. The zero-order chi connectivity index (χ0) is 7.82. The van der Waals surface area contributed by atoms with Crippen LogP contribution in [0.15, 0.2) is 0 Å². The van der Waals surface area contributed by atoms with Crippen LogP contribution in [0.2, 0.25) is 0 Å². The summed E-state index contributed by atoms with van der Waals surface area (Å²) in [5.41, 5.74) is 0. The summed E-state index contributed by atoms with van der Waals surface area (Å²) in [6, 6.07) is 0. The fraction of sp³-hybridized carbons (Fsp3) is 1.00. The molecule has 0 spiro atoms. The summed E-state index contributed by atoms with van der Waals surface area (Å²) in [4.78, 5) is 0. The summed E-state index contributed by atoms with van der Waals surface area (Å²) < 4.78 is 5.32. The monoisotopic (exact) mass is 145 g/mol. The first-order valence-electron chi connectivity index (χ1n) is 4.04. The van der Waals surface area contributed by atoms with Gasteiger partial charge in [-0.05, 0) is 13.3 Å². The Morgan fingerprint density at radius 3 is 2.40 bits per heavy atom. The lowest BCUT2D eigenvalue weighted by atomic mass is 10.1. The van der Waals surface area contributed by atoms with E-state index in [0.717, 1.165) is 19.4 Å². The van der Waals surface area contributed by atoms with Crippen LogP contribution in [0, 0.1) is 0 Å². The van der Waals surface area contributed by atoms with Gasteiger partial charge in [-0.15, -0.1) is 0 Å². The molecule has 0 aliphatic rings. The lowest BCUT2D eigenvalue weighted by Crippen LogP contribution is -2.13. The third-order valence-corrected chi connectivity index (χ3v) is 1.45. The maximum atomic E-state index is 10.2. The van der Waals surface area contributed by atoms with Gasteiger partial charge in [0.2, 0.25) is 0 Å². The van der Waals surface area contributed by atoms with Gasteiger partial charge in [-0.2, -0.15) is 0 Å². The minimum atomic E-state index is -0.00926. The first kappa shape index (κ1) is 9.92. The van der Waals surface area contributed by atoms with Gasteiger partial charge in [-0.25, -0.2) is 5.11 Å². The molecule has 10 heavy (non-hydrogen) atoms. The summed E-state index contributed by atoms with van der Waals surface area (Å²) in [5, 5.41) is 10.2. The van der Waals surface area contributed by atoms with Crippen molar-refractivity contribution in [2.45, 2.75) is 39.2 Å². The number of rotatable bonds is 6. The van der Waals surface area contributed by atoms with Gasteiger partial charge in [0, 0.05) is 13.0 Å². The highest BCUT2D eigenvalue weighted by Crippen LogP contribution is 2.05. The van der Waals surface area contributed by atoms with E-state index in [-0.39, 0.29) is 12.7 Å². The normalized spacial score (nSPS) is 13.5. The van der Waals surface area contributed by atoms with E-state index in [4.69, 9.17) is 4.74 Å². The van der Waals surface area contributed by atoms with Gasteiger partial charge in [0.15, 0.2) is 0 Å². The molecule has 0 rings (SSSR count). The van der Waals surface area contributed by atoms with Crippen LogP contribution in [-0.4, -0.2) is 19.3 Å². The van der Waals surface area contributed by atoms with Crippen LogP contribution in [-0.2, 0) is 9.84 Å². The third-order valence-electron chi connectivity index (χ3n) is 1.45. The Bertz CT molecular complexity index is 50.0. The van der Waals surface area contributed by atoms with Gasteiger partial charge in [-0.1, -0.05) is 13.3 Å². The molecule has 2 heteroatoms. The predicted molar refractivity (Wildman–Crippen MR) is 40.5 cm³/mol. The van der Waals surface area contributed by atoms with Gasteiger partial charge in [0.25, 0.3) is 0 Å². The molecule has 0 saturated carbocycles. The van der Waals surface area contributed by atoms with Crippen molar-refractivity contribution in [2.24, 2.45) is 0 Å². The van der Waals surface area contributed by atoms with Gasteiger partial charge in [0.05, 0.1) is 12.7 Å². The van der Waals surface area contributed by atoms with Gasteiger partial charge >= 0.3 is 0 Å². The molecular weight excluding hydrogens is 128 g/mol. The van der Waals surface area contributed by atoms with Crippen molar-refractivity contribution in [3.63, 3.8) is 0 Å². The van der Waals surface area contributed by atoms with Crippen molar-refractivity contribution in [3.8, 4) is 0 Å². The van der Waals surface area contributed by atoms with Crippen molar-refractivity contribution in [1.82, 2.24) is 0 Å². The molecule has 1 radical (unpaired) electrons. The summed E-state index contributed by atoms with van der Waals surface area (Å²) >= 11 is 0. The Morgan fingerprint density at radius 1 is 1.30 bits per heavy atom. The van der Waals surface area contributed by atoms with Crippen LogP contribution in [0.25, 0.3) is 0 Å². The van der Waals surface area contributed by atoms with E-state index in [1.54, 1.807) is 0 Å². The second-order valence-electron chi connectivity index (χ2n) is 2.36. The first-order valence-corrected chi connectivity index (χ1v) is 4.04. The lowest BCUT2D eigenvalue weighted by molar-refractivity contribution is 0.0284. The Kier molecular flexibility index (Phi) is 6.98. The van der Waals surface area contributed by atoms with Crippen LogP contribution >= 0.6 is 0 Å². The van der Waals surface area contributed by atoms with Gasteiger partial charge in [-0.3, -0.25) is 0 Å². The Labute approximate surface area is 63.2 Å². The minimum absolute atomic E-state index is 0.00926. The van der Waals surface area contributed by atoms with Crippen LogP contribution in [0.3, 0.4) is 0 Å². The summed E-state index contributed by atoms with van der Waals surface area (Å²) in [5.74, 6) is 0. The van der Waals surface area contributed by atoms with Gasteiger partial charge in [0.1, 0.15) is 0 Å². The van der Waals surface area contributed by atoms with E-state index in [1.807, 2.05) is 6.92 Å². The van der Waals surface area contributed by atoms with E-state index < -0.39 is 0 Å².